The molecular weight excluding hydrogens is 198 g/mol. The summed E-state index contributed by atoms with van der Waals surface area (Å²) in [5.74, 6) is 0. The fourth-order valence-electron chi connectivity index (χ4n) is 2.28. The summed E-state index contributed by atoms with van der Waals surface area (Å²) in [5, 5.41) is 0. The van der Waals surface area contributed by atoms with Crippen molar-refractivity contribution in [2.24, 2.45) is 0 Å². The number of allylic oxidation sites excluding steroid dienone is 1. The van der Waals surface area contributed by atoms with Crippen LogP contribution >= 0.6 is 0 Å². The molecule has 0 saturated carbocycles. The molecule has 0 unspecified atom stereocenters. The van der Waals surface area contributed by atoms with E-state index in [9.17, 15) is 0 Å². The van der Waals surface area contributed by atoms with Gasteiger partial charge in [-0.15, -0.1) is 0 Å². The van der Waals surface area contributed by atoms with Crippen LogP contribution in [0.3, 0.4) is 0 Å². The SMILES string of the molecule is CCC[Si](C)(C)CC(C)=CN(CC)CC. The third-order valence-corrected chi connectivity index (χ3v) is 6.27. The highest BCUT2D eigenvalue weighted by Gasteiger charge is 2.19. The average molecular weight is 227 g/mol. The van der Waals surface area contributed by atoms with Gasteiger partial charge in [-0.3, -0.25) is 0 Å². The Balaban J connectivity index is 4.26. The first-order chi connectivity index (χ1) is 6.95. The Labute approximate surface area is 97.6 Å². The van der Waals surface area contributed by atoms with Crippen LogP contribution in [0.1, 0.15) is 34.1 Å². The van der Waals surface area contributed by atoms with Crippen molar-refractivity contribution < 1.29 is 0 Å². The minimum Gasteiger partial charge on any atom is -0.378 e. The molecule has 0 atom stereocenters. The molecule has 0 N–H and O–H groups in total. The minimum absolute atomic E-state index is 0.954. The highest BCUT2D eigenvalue weighted by atomic mass is 28.3. The zero-order chi connectivity index (χ0) is 11.9. The van der Waals surface area contributed by atoms with Crippen molar-refractivity contribution in [2.75, 3.05) is 13.1 Å². The van der Waals surface area contributed by atoms with Crippen LogP contribution in [0.5, 0.6) is 0 Å². The second-order valence-electron chi connectivity index (χ2n) is 5.29. The van der Waals surface area contributed by atoms with Gasteiger partial charge >= 0.3 is 0 Å². The molecule has 0 aliphatic heterocycles. The van der Waals surface area contributed by atoms with Gasteiger partial charge in [0, 0.05) is 13.1 Å². The van der Waals surface area contributed by atoms with Gasteiger partial charge in [-0.2, -0.15) is 0 Å². The molecule has 0 amide bonds. The molecular formula is C13H29NSi. The predicted molar refractivity (Wildman–Crippen MR) is 74.1 cm³/mol. The molecule has 0 spiro atoms. The average Bonchev–Trinajstić information content (AvgIpc) is 2.13. The maximum Gasteiger partial charge on any atom is 0.0514 e. The fraction of sp³-hybridized carbons (Fsp3) is 0.846. The zero-order valence-electron chi connectivity index (χ0n) is 11.6. The van der Waals surface area contributed by atoms with Crippen LogP contribution in [0.4, 0.5) is 0 Å². The van der Waals surface area contributed by atoms with Crippen molar-refractivity contribution in [3.05, 3.63) is 11.8 Å². The van der Waals surface area contributed by atoms with Crippen molar-refractivity contribution in [3.8, 4) is 0 Å². The molecule has 15 heavy (non-hydrogen) atoms. The quantitative estimate of drug-likeness (QED) is 0.585. The lowest BCUT2D eigenvalue weighted by Gasteiger charge is -2.24. The summed E-state index contributed by atoms with van der Waals surface area (Å²) in [5.41, 5.74) is 1.57. The molecule has 0 rings (SSSR count). The van der Waals surface area contributed by atoms with Gasteiger partial charge in [-0.05, 0) is 33.0 Å². The summed E-state index contributed by atoms with van der Waals surface area (Å²) >= 11 is 0. The lowest BCUT2D eigenvalue weighted by Crippen LogP contribution is -2.25. The predicted octanol–water partition coefficient (Wildman–Crippen LogP) is 4.35. The largest absolute Gasteiger partial charge is 0.378 e. The van der Waals surface area contributed by atoms with Gasteiger partial charge in [0.2, 0.25) is 0 Å². The van der Waals surface area contributed by atoms with E-state index in [0.29, 0.717) is 0 Å². The van der Waals surface area contributed by atoms with Crippen LogP contribution in [-0.4, -0.2) is 26.1 Å². The van der Waals surface area contributed by atoms with Crippen LogP contribution < -0.4 is 0 Å². The Bertz CT molecular complexity index is 193. The van der Waals surface area contributed by atoms with E-state index in [1.54, 1.807) is 5.57 Å². The maximum atomic E-state index is 2.51. The maximum absolute atomic E-state index is 2.51. The lowest BCUT2D eigenvalue weighted by molar-refractivity contribution is 0.415. The molecule has 0 aliphatic carbocycles. The molecule has 0 aromatic rings. The Morgan fingerprint density at radius 1 is 1.13 bits per heavy atom. The third kappa shape index (κ3) is 6.77. The van der Waals surface area contributed by atoms with Gasteiger partial charge in [-0.1, -0.05) is 38.1 Å². The fourth-order valence-corrected chi connectivity index (χ4v) is 5.41. The second kappa shape index (κ2) is 7.10. The second-order valence-corrected chi connectivity index (χ2v) is 10.5. The molecule has 0 aromatic carbocycles. The van der Waals surface area contributed by atoms with Gasteiger partial charge < -0.3 is 4.90 Å². The molecule has 0 saturated heterocycles. The van der Waals surface area contributed by atoms with Gasteiger partial charge in [0.15, 0.2) is 0 Å². The monoisotopic (exact) mass is 227 g/mol. The minimum atomic E-state index is -0.954. The van der Waals surface area contributed by atoms with E-state index in [2.05, 4.69) is 51.9 Å². The molecule has 0 heterocycles. The van der Waals surface area contributed by atoms with Gasteiger partial charge in [0.05, 0.1) is 8.07 Å². The number of hydrogen-bond donors (Lipinski definition) is 0. The first-order valence-electron chi connectivity index (χ1n) is 6.36. The van der Waals surface area contributed by atoms with Crippen molar-refractivity contribution in [1.29, 1.82) is 0 Å². The van der Waals surface area contributed by atoms with Crippen molar-refractivity contribution >= 4 is 8.07 Å². The first-order valence-corrected chi connectivity index (χ1v) is 9.78. The van der Waals surface area contributed by atoms with Crippen LogP contribution in [0.15, 0.2) is 11.8 Å². The van der Waals surface area contributed by atoms with Gasteiger partial charge in [0.1, 0.15) is 0 Å². The highest BCUT2D eigenvalue weighted by Crippen LogP contribution is 2.22. The van der Waals surface area contributed by atoms with Crippen LogP contribution in [0, 0.1) is 0 Å². The van der Waals surface area contributed by atoms with E-state index in [1.165, 1.54) is 18.5 Å². The number of rotatable bonds is 7. The van der Waals surface area contributed by atoms with Gasteiger partial charge in [0.25, 0.3) is 0 Å². The van der Waals surface area contributed by atoms with E-state index in [-0.39, 0.29) is 0 Å². The smallest absolute Gasteiger partial charge is 0.0514 e. The Hall–Kier alpha value is -0.243. The Morgan fingerprint density at radius 2 is 1.67 bits per heavy atom. The zero-order valence-corrected chi connectivity index (χ0v) is 12.6. The van der Waals surface area contributed by atoms with E-state index < -0.39 is 8.07 Å². The van der Waals surface area contributed by atoms with E-state index >= 15 is 0 Å². The first kappa shape index (κ1) is 14.8. The Morgan fingerprint density at radius 3 is 2.07 bits per heavy atom. The summed E-state index contributed by atoms with van der Waals surface area (Å²) in [7, 11) is -0.954. The van der Waals surface area contributed by atoms with E-state index in [1.807, 2.05) is 0 Å². The molecule has 0 radical (unpaired) electrons. The summed E-state index contributed by atoms with van der Waals surface area (Å²) in [4.78, 5) is 2.39. The summed E-state index contributed by atoms with van der Waals surface area (Å²) in [6.07, 6.45) is 3.71. The van der Waals surface area contributed by atoms with Crippen molar-refractivity contribution in [1.82, 2.24) is 4.90 Å². The molecule has 0 bridgehead atoms. The number of hydrogen-bond acceptors (Lipinski definition) is 1. The third-order valence-electron chi connectivity index (χ3n) is 2.90. The van der Waals surface area contributed by atoms with E-state index in [0.717, 1.165) is 13.1 Å². The Kier molecular flexibility index (Phi) is 6.99. The molecule has 0 aliphatic rings. The standard InChI is InChI=1S/C13H29NSi/c1-7-10-15(5,6)12-13(4)11-14(8-2)9-3/h11H,7-10,12H2,1-6H3. The van der Waals surface area contributed by atoms with Gasteiger partial charge in [-0.25, -0.2) is 0 Å². The van der Waals surface area contributed by atoms with Crippen molar-refractivity contribution in [3.63, 3.8) is 0 Å². The lowest BCUT2D eigenvalue weighted by atomic mass is 10.3. The highest BCUT2D eigenvalue weighted by molar-refractivity contribution is 6.77. The summed E-state index contributed by atoms with van der Waals surface area (Å²) in [6, 6.07) is 2.81. The van der Waals surface area contributed by atoms with Crippen LogP contribution in [-0.2, 0) is 0 Å². The number of nitrogens with zero attached hydrogens (tertiary/aromatic N) is 1. The molecule has 0 aromatic heterocycles. The normalized spacial score (nSPS) is 13.1. The molecule has 2 heteroatoms. The molecule has 90 valence electrons. The summed E-state index contributed by atoms with van der Waals surface area (Å²) in [6.45, 7) is 16.3. The van der Waals surface area contributed by atoms with Crippen molar-refractivity contribution in [2.45, 2.75) is 59.3 Å². The topological polar surface area (TPSA) is 3.24 Å². The van der Waals surface area contributed by atoms with Crippen LogP contribution in [0.25, 0.3) is 0 Å². The molecule has 0 fully saturated rings. The van der Waals surface area contributed by atoms with E-state index in [4.69, 9.17) is 0 Å². The van der Waals surface area contributed by atoms with Crippen LogP contribution in [0.2, 0.25) is 25.2 Å². The molecule has 1 nitrogen and oxygen atoms in total. The summed E-state index contributed by atoms with van der Waals surface area (Å²) < 4.78 is 0.